The number of carbonyl (C=O) groups excluding carboxylic acids is 2. The van der Waals surface area contributed by atoms with Crippen LogP contribution >= 0.6 is 11.8 Å². The highest BCUT2D eigenvalue weighted by molar-refractivity contribution is 7.98. The molecule has 1 rings (SSSR count). The topological polar surface area (TPSA) is 150 Å². The van der Waals surface area contributed by atoms with Crippen LogP contribution in [0, 0.1) is 5.92 Å². The van der Waals surface area contributed by atoms with E-state index < -0.39 is 35.9 Å². The minimum absolute atomic E-state index is 0.0470. The molecular weight excluding hydrogens is 370 g/mol. The molecule has 0 aliphatic carbocycles. The Labute approximate surface area is 163 Å². The normalized spacial score (nSPS) is 15.4. The summed E-state index contributed by atoms with van der Waals surface area (Å²) in [5.41, 5.74) is 6.59. The SMILES string of the molecule is CC[C@H](C)[C@H](N)C(=O)N[C@@H](Cc1cnc[nH]1)C(=O)N[C@@H](CCSC)C(=O)O. The molecule has 0 saturated carbocycles. The van der Waals surface area contributed by atoms with Gasteiger partial charge in [-0.05, 0) is 24.3 Å². The standard InChI is InChI=1S/C17H29N5O4S/c1-4-10(2)14(18)16(24)22-13(7-11-8-19-9-20-11)15(23)21-12(17(25)26)5-6-27-3/h8-10,12-14H,4-7,18H2,1-3H3,(H,19,20)(H,21,23)(H,22,24)(H,25,26)/t10-,12-,13-,14-/m0/s1. The van der Waals surface area contributed by atoms with E-state index in [-0.39, 0.29) is 12.3 Å². The maximum Gasteiger partial charge on any atom is 0.326 e. The molecule has 0 radical (unpaired) electrons. The molecule has 0 saturated heterocycles. The fourth-order valence-corrected chi connectivity index (χ4v) is 2.84. The first-order valence-corrected chi connectivity index (χ1v) is 10.2. The van der Waals surface area contributed by atoms with Crippen LogP contribution in [0.25, 0.3) is 0 Å². The number of nitrogens with zero attached hydrogens (tertiary/aromatic N) is 1. The summed E-state index contributed by atoms with van der Waals surface area (Å²) in [6.07, 6.45) is 6.04. The van der Waals surface area contributed by atoms with Gasteiger partial charge in [0, 0.05) is 18.3 Å². The first-order valence-electron chi connectivity index (χ1n) is 8.85. The van der Waals surface area contributed by atoms with Crippen molar-refractivity contribution in [2.45, 2.75) is 51.2 Å². The van der Waals surface area contributed by atoms with E-state index in [0.29, 0.717) is 17.9 Å². The molecule has 0 fully saturated rings. The Bertz CT molecular complexity index is 610. The van der Waals surface area contributed by atoms with Gasteiger partial charge >= 0.3 is 5.97 Å². The molecule has 4 atom stereocenters. The Kier molecular flexibility index (Phi) is 9.87. The number of nitrogens with two attached hydrogens (primary N) is 1. The third kappa shape index (κ3) is 7.59. The zero-order chi connectivity index (χ0) is 20.4. The van der Waals surface area contributed by atoms with Gasteiger partial charge in [-0.1, -0.05) is 20.3 Å². The largest absolute Gasteiger partial charge is 0.480 e. The third-order valence-corrected chi connectivity index (χ3v) is 5.04. The number of aromatic amines is 1. The molecular formula is C17H29N5O4S. The number of thioether (sulfide) groups is 1. The first kappa shape index (κ1) is 23.0. The lowest BCUT2D eigenvalue weighted by molar-refractivity contribution is -0.142. The Morgan fingerprint density at radius 3 is 2.48 bits per heavy atom. The van der Waals surface area contributed by atoms with E-state index in [1.165, 1.54) is 18.1 Å². The summed E-state index contributed by atoms with van der Waals surface area (Å²) in [5, 5.41) is 14.5. The van der Waals surface area contributed by atoms with Gasteiger partial charge < -0.3 is 26.5 Å². The van der Waals surface area contributed by atoms with Gasteiger partial charge in [0.05, 0.1) is 12.4 Å². The molecule has 27 heavy (non-hydrogen) atoms. The molecule has 0 aliphatic heterocycles. The van der Waals surface area contributed by atoms with Crippen molar-refractivity contribution < 1.29 is 19.5 Å². The van der Waals surface area contributed by atoms with E-state index >= 15 is 0 Å². The number of imidazole rings is 1. The van der Waals surface area contributed by atoms with Crippen molar-refractivity contribution in [2.24, 2.45) is 11.7 Å². The van der Waals surface area contributed by atoms with Crippen LogP contribution in [0.3, 0.4) is 0 Å². The second-order valence-corrected chi connectivity index (χ2v) is 7.42. The number of carboxylic acids is 1. The number of aliphatic carboxylic acids is 1. The van der Waals surface area contributed by atoms with Crippen molar-refractivity contribution in [3.63, 3.8) is 0 Å². The monoisotopic (exact) mass is 399 g/mol. The summed E-state index contributed by atoms with van der Waals surface area (Å²) in [6, 6.07) is -2.72. The van der Waals surface area contributed by atoms with Gasteiger partial charge in [-0.15, -0.1) is 0 Å². The average molecular weight is 400 g/mol. The zero-order valence-corrected chi connectivity index (χ0v) is 16.7. The van der Waals surface area contributed by atoms with E-state index in [1.54, 1.807) is 6.20 Å². The van der Waals surface area contributed by atoms with Crippen LogP contribution < -0.4 is 16.4 Å². The number of carbonyl (C=O) groups is 3. The molecule has 0 unspecified atom stereocenters. The second-order valence-electron chi connectivity index (χ2n) is 6.43. The molecule has 10 heteroatoms. The summed E-state index contributed by atoms with van der Waals surface area (Å²) in [7, 11) is 0. The highest BCUT2D eigenvalue weighted by Crippen LogP contribution is 2.08. The van der Waals surface area contributed by atoms with Crippen molar-refractivity contribution in [3.05, 3.63) is 18.2 Å². The number of carboxylic acid groups (broad SMARTS) is 1. The number of hydrogen-bond donors (Lipinski definition) is 5. The number of nitrogens with one attached hydrogen (secondary N) is 3. The highest BCUT2D eigenvalue weighted by Gasteiger charge is 2.29. The molecule has 1 aromatic heterocycles. The predicted octanol–water partition coefficient (Wildman–Crippen LogP) is 0.133. The van der Waals surface area contributed by atoms with E-state index in [1.807, 2.05) is 20.1 Å². The van der Waals surface area contributed by atoms with Crippen LogP contribution in [0.1, 0.15) is 32.4 Å². The molecule has 0 aromatic carbocycles. The number of aromatic nitrogens is 2. The van der Waals surface area contributed by atoms with Crippen LogP contribution in [0.2, 0.25) is 0 Å². The van der Waals surface area contributed by atoms with Gasteiger partial charge in [-0.2, -0.15) is 11.8 Å². The smallest absolute Gasteiger partial charge is 0.326 e. The lowest BCUT2D eigenvalue weighted by Gasteiger charge is -2.24. The van der Waals surface area contributed by atoms with E-state index in [4.69, 9.17) is 5.73 Å². The number of hydrogen-bond acceptors (Lipinski definition) is 6. The van der Waals surface area contributed by atoms with E-state index in [9.17, 15) is 19.5 Å². The van der Waals surface area contributed by atoms with Crippen LogP contribution in [-0.2, 0) is 20.8 Å². The van der Waals surface area contributed by atoms with E-state index in [0.717, 1.165) is 6.42 Å². The van der Waals surface area contributed by atoms with E-state index in [2.05, 4.69) is 20.6 Å². The minimum atomic E-state index is -1.11. The maximum atomic E-state index is 12.7. The number of amides is 2. The molecule has 0 bridgehead atoms. The van der Waals surface area contributed by atoms with Crippen LogP contribution in [0.4, 0.5) is 0 Å². The Morgan fingerprint density at radius 2 is 1.96 bits per heavy atom. The molecule has 1 aromatic rings. The van der Waals surface area contributed by atoms with Crippen LogP contribution in [-0.4, -0.2) is 63.0 Å². The predicted molar refractivity (Wildman–Crippen MR) is 104 cm³/mol. The first-order chi connectivity index (χ1) is 12.8. The van der Waals surface area contributed by atoms with Crippen molar-refractivity contribution in [1.29, 1.82) is 0 Å². The van der Waals surface area contributed by atoms with Gasteiger partial charge in [0.25, 0.3) is 0 Å². The summed E-state index contributed by atoms with van der Waals surface area (Å²) in [6.45, 7) is 3.78. The van der Waals surface area contributed by atoms with Gasteiger partial charge in [0.2, 0.25) is 11.8 Å². The Morgan fingerprint density at radius 1 is 1.30 bits per heavy atom. The molecule has 2 amide bonds. The van der Waals surface area contributed by atoms with Gasteiger partial charge in [0.15, 0.2) is 0 Å². The fraction of sp³-hybridized carbons (Fsp3) is 0.647. The van der Waals surface area contributed by atoms with Gasteiger partial charge in [-0.25, -0.2) is 9.78 Å². The molecule has 9 nitrogen and oxygen atoms in total. The van der Waals surface area contributed by atoms with Crippen molar-refractivity contribution in [1.82, 2.24) is 20.6 Å². The lowest BCUT2D eigenvalue weighted by atomic mass is 9.98. The Hall–Kier alpha value is -2.07. The maximum absolute atomic E-state index is 12.7. The minimum Gasteiger partial charge on any atom is -0.480 e. The molecule has 152 valence electrons. The average Bonchev–Trinajstić information content (AvgIpc) is 3.15. The lowest BCUT2D eigenvalue weighted by Crippen LogP contribution is -2.56. The quantitative estimate of drug-likeness (QED) is 0.335. The van der Waals surface area contributed by atoms with Gasteiger partial charge in [-0.3, -0.25) is 9.59 Å². The summed E-state index contributed by atoms with van der Waals surface area (Å²) < 4.78 is 0. The molecule has 0 aliphatic rings. The summed E-state index contributed by atoms with van der Waals surface area (Å²) in [5.74, 6) is -1.58. The van der Waals surface area contributed by atoms with Gasteiger partial charge in [0.1, 0.15) is 12.1 Å². The van der Waals surface area contributed by atoms with Crippen LogP contribution in [0.15, 0.2) is 12.5 Å². The fourth-order valence-electron chi connectivity index (χ4n) is 2.37. The Balaban J connectivity index is 2.87. The summed E-state index contributed by atoms with van der Waals surface area (Å²) in [4.78, 5) is 43.3. The van der Waals surface area contributed by atoms with Crippen molar-refractivity contribution in [3.8, 4) is 0 Å². The van der Waals surface area contributed by atoms with Crippen LogP contribution in [0.5, 0.6) is 0 Å². The second kappa shape index (κ2) is 11.6. The summed E-state index contributed by atoms with van der Waals surface area (Å²) >= 11 is 1.49. The number of H-pyrrole nitrogens is 1. The van der Waals surface area contributed by atoms with Crippen molar-refractivity contribution in [2.75, 3.05) is 12.0 Å². The molecule has 6 N–H and O–H groups in total. The van der Waals surface area contributed by atoms with Crippen molar-refractivity contribution >= 4 is 29.5 Å². The zero-order valence-electron chi connectivity index (χ0n) is 15.9. The molecule has 0 spiro atoms. The number of rotatable bonds is 12. The molecule has 1 heterocycles. The highest BCUT2D eigenvalue weighted by atomic mass is 32.2. The third-order valence-electron chi connectivity index (χ3n) is 4.40.